The van der Waals surface area contributed by atoms with Crippen LogP contribution in [0.15, 0.2) is 48.5 Å². The molecule has 2 N–H and O–H groups in total. The first-order valence-corrected chi connectivity index (χ1v) is 8.78. The van der Waals surface area contributed by atoms with Crippen molar-refractivity contribution >= 4 is 5.91 Å². The lowest BCUT2D eigenvalue weighted by molar-refractivity contribution is 0.0779. The highest BCUT2D eigenvalue weighted by Crippen LogP contribution is 2.28. The average molecular weight is 350 g/mol. The highest BCUT2D eigenvalue weighted by Gasteiger charge is 2.34. The number of rotatable bonds is 5. The molecule has 1 fully saturated rings. The fraction of sp³-hybridized carbons (Fsp3) is 0.333. The summed E-state index contributed by atoms with van der Waals surface area (Å²) in [5.74, 6) is 0.0904. The van der Waals surface area contributed by atoms with Crippen molar-refractivity contribution in [1.82, 2.24) is 4.90 Å². The van der Waals surface area contributed by atoms with Crippen molar-refractivity contribution in [3.05, 3.63) is 59.7 Å². The molecule has 3 rings (SSSR count). The molecule has 1 heterocycles. The topological polar surface area (TPSA) is 84.6 Å². The first-order valence-electron chi connectivity index (χ1n) is 8.78. The lowest BCUT2D eigenvalue weighted by Gasteiger charge is -2.16. The van der Waals surface area contributed by atoms with Gasteiger partial charge in [-0.25, -0.2) is 0 Å². The molecule has 1 aliphatic rings. The van der Waals surface area contributed by atoms with Gasteiger partial charge in [-0.15, -0.1) is 0 Å². The van der Waals surface area contributed by atoms with Crippen LogP contribution in [0.2, 0.25) is 0 Å². The molecule has 0 spiro atoms. The Kier molecular flexibility index (Phi) is 5.67. The summed E-state index contributed by atoms with van der Waals surface area (Å²) in [6.07, 6.45) is 0.596. The predicted molar refractivity (Wildman–Crippen MR) is 98.3 cm³/mol. The average Bonchev–Trinajstić information content (AvgIpc) is 3.11. The minimum absolute atomic E-state index is 0.0212. The smallest absolute Gasteiger partial charge is 0.253 e. The Morgan fingerprint density at radius 1 is 1.08 bits per heavy atom. The molecule has 2 aromatic rings. The Bertz CT molecular complexity index is 811. The summed E-state index contributed by atoms with van der Waals surface area (Å²) in [6.45, 7) is 1.16. The van der Waals surface area contributed by atoms with Crippen LogP contribution in [0.5, 0.6) is 0 Å². The minimum atomic E-state index is -0.0657. The lowest BCUT2D eigenvalue weighted by atomic mass is 9.94. The fourth-order valence-electron chi connectivity index (χ4n) is 3.61. The number of amides is 1. The highest BCUT2D eigenvalue weighted by atomic mass is 16.3. The monoisotopic (exact) mass is 350 g/mol. The Morgan fingerprint density at radius 2 is 1.77 bits per heavy atom. The maximum absolute atomic E-state index is 12.8. The summed E-state index contributed by atoms with van der Waals surface area (Å²) >= 11 is 0. The SMILES string of the molecule is N#Cc1ccccc1-c1ccc(C(=O)N2CC(CO)C(CCO)C2)cc1. The molecular weight excluding hydrogens is 328 g/mol. The third-order valence-electron chi connectivity index (χ3n) is 5.09. The third kappa shape index (κ3) is 3.62. The molecule has 0 aliphatic carbocycles. The van der Waals surface area contributed by atoms with Crippen LogP contribution < -0.4 is 0 Å². The summed E-state index contributed by atoms with van der Waals surface area (Å²) in [7, 11) is 0. The lowest BCUT2D eigenvalue weighted by Crippen LogP contribution is -2.29. The molecule has 0 bridgehead atoms. The van der Waals surface area contributed by atoms with E-state index < -0.39 is 0 Å². The molecular formula is C21H22N2O3. The van der Waals surface area contributed by atoms with E-state index in [9.17, 15) is 15.2 Å². The molecule has 5 nitrogen and oxygen atoms in total. The van der Waals surface area contributed by atoms with Crippen LogP contribution in [0.4, 0.5) is 0 Å². The molecule has 0 saturated carbocycles. The van der Waals surface area contributed by atoms with Gasteiger partial charge in [0.05, 0.1) is 11.6 Å². The zero-order valence-corrected chi connectivity index (χ0v) is 14.5. The van der Waals surface area contributed by atoms with Crippen LogP contribution in [0.3, 0.4) is 0 Å². The number of hydrogen-bond donors (Lipinski definition) is 2. The fourth-order valence-corrected chi connectivity index (χ4v) is 3.61. The summed E-state index contributed by atoms with van der Waals surface area (Å²) in [5, 5.41) is 27.9. The quantitative estimate of drug-likeness (QED) is 0.866. The van der Waals surface area contributed by atoms with Gasteiger partial charge in [0.1, 0.15) is 0 Å². The van der Waals surface area contributed by atoms with E-state index in [0.29, 0.717) is 30.6 Å². The molecule has 134 valence electrons. The first-order chi connectivity index (χ1) is 12.7. The van der Waals surface area contributed by atoms with Crippen molar-refractivity contribution in [2.24, 2.45) is 11.8 Å². The molecule has 2 atom stereocenters. The van der Waals surface area contributed by atoms with Crippen molar-refractivity contribution in [3.63, 3.8) is 0 Å². The number of carbonyl (C=O) groups excluding carboxylic acids is 1. The molecule has 1 saturated heterocycles. The minimum Gasteiger partial charge on any atom is -0.396 e. The standard InChI is InChI=1S/C21H22N2O3/c22-11-17-3-1-2-4-20(17)15-5-7-16(8-6-15)21(26)23-12-18(9-10-24)19(13-23)14-25/h1-8,18-19,24-25H,9-10,12-14H2. The molecule has 1 amide bonds. The van der Waals surface area contributed by atoms with Gasteiger partial charge in [-0.05, 0) is 41.7 Å². The maximum atomic E-state index is 12.8. The van der Waals surface area contributed by atoms with Gasteiger partial charge in [-0.3, -0.25) is 4.79 Å². The summed E-state index contributed by atoms with van der Waals surface area (Å²) in [6, 6.07) is 16.8. The van der Waals surface area contributed by atoms with Crippen LogP contribution in [-0.4, -0.2) is 47.3 Å². The van der Waals surface area contributed by atoms with E-state index in [2.05, 4.69) is 6.07 Å². The van der Waals surface area contributed by atoms with E-state index in [1.54, 1.807) is 23.1 Å². The first kappa shape index (κ1) is 18.1. The Labute approximate surface area is 153 Å². The van der Waals surface area contributed by atoms with Gasteiger partial charge in [-0.2, -0.15) is 5.26 Å². The van der Waals surface area contributed by atoms with E-state index in [1.807, 2.05) is 30.3 Å². The number of likely N-dealkylation sites (tertiary alicyclic amines) is 1. The molecule has 0 radical (unpaired) electrons. The second kappa shape index (κ2) is 8.13. The summed E-state index contributed by atoms with van der Waals surface area (Å²) < 4.78 is 0. The van der Waals surface area contributed by atoms with Gasteiger partial charge in [-0.1, -0.05) is 30.3 Å². The second-order valence-electron chi connectivity index (χ2n) is 6.66. The highest BCUT2D eigenvalue weighted by molar-refractivity contribution is 5.95. The number of benzene rings is 2. The van der Waals surface area contributed by atoms with Crippen LogP contribution in [0, 0.1) is 23.2 Å². The molecule has 26 heavy (non-hydrogen) atoms. The van der Waals surface area contributed by atoms with Crippen LogP contribution >= 0.6 is 0 Å². The van der Waals surface area contributed by atoms with Gasteiger partial charge in [0.25, 0.3) is 5.91 Å². The largest absolute Gasteiger partial charge is 0.396 e. The zero-order chi connectivity index (χ0) is 18.5. The van der Waals surface area contributed by atoms with Crippen molar-refractivity contribution in [3.8, 4) is 17.2 Å². The predicted octanol–water partition coefficient (Wildman–Crippen LogP) is 2.29. The van der Waals surface area contributed by atoms with Gasteiger partial charge in [0.15, 0.2) is 0 Å². The number of nitriles is 1. The zero-order valence-electron chi connectivity index (χ0n) is 14.5. The molecule has 2 aromatic carbocycles. The van der Waals surface area contributed by atoms with Crippen molar-refractivity contribution < 1.29 is 15.0 Å². The van der Waals surface area contributed by atoms with Crippen molar-refractivity contribution in [1.29, 1.82) is 5.26 Å². The van der Waals surface area contributed by atoms with Crippen molar-refractivity contribution in [2.45, 2.75) is 6.42 Å². The molecule has 5 heteroatoms. The van der Waals surface area contributed by atoms with Crippen molar-refractivity contribution in [2.75, 3.05) is 26.3 Å². The maximum Gasteiger partial charge on any atom is 0.253 e. The van der Waals surface area contributed by atoms with Gasteiger partial charge in [0, 0.05) is 37.8 Å². The van der Waals surface area contributed by atoms with E-state index in [1.165, 1.54) is 0 Å². The normalized spacial score (nSPS) is 19.3. The second-order valence-corrected chi connectivity index (χ2v) is 6.66. The Morgan fingerprint density at radius 3 is 2.42 bits per heavy atom. The number of aliphatic hydroxyl groups excluding tert-OH is 2. The summed E-state index contributed by atoms with van der Waals surface area (Å²) in [4.78, 5) is 14.5. The number of carbonyl (C=O) groups is 1. The van der Waals surface area contributed by atoms with E-state index in [4.69, 9.17) is 5.11 Å². The van der Waals surface area contributed by atoms with E-state index in [0.717, 1.165) is 11.1 Å². The molecule has 1 aliphatic heterocycles. The van der Waals surface area contributed by atoms with Gasteiger partial charge >= 0.3 is 0 Å². The number of nitrogens with zero attached hydrogens (tertiary/aromatic N) is 2. The number of hydrogen-bond acceptors (Lipinski definition) is 4. The Balaban J connectivity index is 1.77. The Hall–Kier alpha value is -2.68. The van der Waals surface area contributed by atoms with Crippen LogP contribution in [-0.2, 0) is 0 Å². The van der Waals surface area contributed by atoms with E-state index >= 15 is 0 Å². The van der Waals surface area contributed by atoms with Crippen LogP contribution in [0.1, 0.15) is 22.3 Å². The molecule has 0 aromatic heterocycles. The van der Waals surface area contributed by atoms with Gasteiger partial charge < -0.3 is 15.1 Å². The van der Waals surface area contributed by atoms with Gasteiger partial charge in [0.2, 0.25) is 0 Å². The summed E-state index contributed by atoms with van der Waals surface area (Å²) in [5.41, 5.74) is 2.93. The van der Waals surface area contributed by atoms with Crippen LogP contribution in [0.25, 0.3) is 11.1 Å². The van der Waals surface area contributed by atoms with E-state index in [-0.39, 0.29) is 31.0 Å². The number of aliphatic hydroxyl groups is 2. The third-order valence-corrected chi connectivity index (χ3v) is 5.09. The molecule has 2 unspecified atom stereocenters.